The molecule has 0 aromatic heterocycles. The normalized spacial score (nSPS) is 1.25. The van der Waals surface area contributed by atoms with E-state index < -0.39 is 0 Å². The zero-order valence-corrected chi connectivity index (χ0v) is 4.17. The molecule has 26 valence electrons. The summed E-state index contributed by atoms with van der Waals surface area (Å²) in [5.41, 5.74) is 0. The Kier molecular flexibility index (Phi) is 117. The topological polar surface area (TPSA) is 17.1 Å². The van der Waals surface area contributed by atoms with Gasteiger partial charge in [-0.2, -0.15) is 0 Å². The van der Waals surface area contributed by atoms with Crippen molar-refractivity contribution in [3.8, 4) is 0 Å². The number of hydrogen-bond donors (Lipinski definition) is 0. The van der Waals surface area contributed by atoms with Gasteiger partial charge in [0.15, 0.2) is 0 Å². The van der Waals surface area contributed by atoms with Crippen LogP contribution >= 0.6 is 0 Å². The Bertz CT molecular complexity index is 11.6. The Morgan fingerprint density at radius 3 is 1.50 bits per heavy atom. The maximum absolute atomic E-state index is 8.00. The summed E-state index contributed by atoms with van der Waals surface area (Å²) >= 11 is 2.00. The van der Waals surface area contributed by atoms with Crippen LogP contribution in [-0.4, -0.2) is 0 Å². The van der Waals surface area contributed by atoms with E-state index in [1.54, 1.807) is 0 Å². The van der Waals surface area contributed by atoms with Gasteiger partial charge < -0.3 is 1.43 Å². The molecule has 4 heavy (non-hydrogen) atoms. The molecule has 1 nitrogen and oxygen atoms in total. The van der Waals surface area contributed by atoms with Gasteiger partial charge in [-0.05, 0) is 0 Å². The Balaban J connectivity index is -0.00000000167. The summed E-state index contributed by atoms with van der Waals surface area (Å²) in [6, 6.07) is 0. The van der Waals surface area contributed by atoms with Crippen molar-refractivity contribution in [3.63, 3.8) is 0 Å². The van der Waals surface area contributed by atoms with Gasteiger partial charge in [0.05, 0.1) is 0 Å². The third kappa shape index (κ3) is 9.96. The molecule has 0 atom stereocenters. The molecule has 0 amide bonds. The van der Waals surface area contributed by atoms with Gasteiger partial charge >= 0.3 is 38.6 Å². The molecule has 0 aliphatic rings. The fourth-order valence-electron chi connectivity index (χ4n) is 0. The van der Waals surface area contributed by atoms with E-state index in [4.69, 9.17) is 3.83 Å². The molecule has 0 aliphatic heterocycles. The molecule has 0 rings (SSSR count). The maximum atomic E-state index is 8.00. The molecule has 0 unspecified atom stereocenters. The predicted molar refractivity (Wildman–Crippen MR) is 1.80 cm³/mol. The van der Waals surface area contributed by atoms with Crippen LogP contribution in [0.1, 0.15) is 1.43 Å². The van der Waals surface area contributed by atoms with E-state index in [2.05, 4.69) is 0 Å². The minimum atomic E-state index is 0. The molecule has 0 aliphatic carbocycles. The van der Waals surface area contributed by atoms with Gasteiger partial charge in [0.25, 0.3) is 0 Å². The zero-order chi connectivity index (χ0) is 2.00. The quantitative estimate of drug-likeness (QED) is 0.326. The molecular weight excluding hydrogens is 137 g/mol. The Morgan fingerprint density at radius 1 is 1.50 bits per heavy atom. The van der Waals surface area contributed by atoms with E-state index in [1.165, 1.54) is 0 Å². The van der Waals surface area contributed by atoms with Gasteiger partial charge in [-0.1, -0.05) is 0 Å². The first-order valence-electron chi connectivity index (χ1n) is 0.144. The summed E-state index contributed by atoms with van der Waals surface area (Å²) in [6.45, 7) is 0. The standard InChI is InChI=1S/Fe.Li.Ni.O.H/q;+1;;;-1. The average molecular weight is 138 g/mol. The van der Waals surface area contributed by atoms with Crippen LogP contribution in [0.25, 0.3) is 0 Å². The van der Waals surface area contributed by atoms with Crippen molar-refractivity contribution in [2.75, 3.05) is 0 Å². The van der Waals surface area contributed by atoms with Crippen LogP contribution in [0.4, 0.5) is 0 Å². The second kappa shape index (κ2) is 25.8. The van der Waals surface area contributed by atoms with Crippen LogP contribution in [0.3, 0.4) is 0 Å². The molecule has 0 spiro atoms. The molecular formula is HFeLiNiO. The van der Waals surface area contributed by atoms with Gasteiger partial charge in [-0.15, -0.1) is 0 Å². The first-order chi connectivity index (χ1) is 1.00. The van der Waals surface area contributed by atoms with E-state index in [0.717, 1.165) is 0 Å². The molecule has 0 saturated carbocycles. The van der Waals surface area contributed by atoms with Gasteiger partial charge in [-0.25, -0.2) is 0 Å². The first-order valence-corrected chi connectivity index (χ1v) is 0.595. The fourth-order valence-corrected chi connectivity index (χ4v) is 0. The van der Waals surface area contributed by atoms with Gasteiger partial charge in [0.1, 0.15) is 0 Å². The summed E-state index contributed by atoms with van der Waals surface area (Å²) in [6.07, 6.45) is 0. The van der Waals surface area contributed by atoms with Crippen molar-refractivity contribution in [2.24, 2.45) is 0 Å². The van der Waals surface area contributed by atoms with Crippen molar-refractivity contribution in [2.45, 2.75) is 0 Å². The van der Waals surface area contributed by atoms with Gasteiger partial charge in [0, 0.05) is 16.5 Å². The molecule has 0 fully saturated rings. The van der Waals surface area contributed by atoms with Crippen molar-refractivity contribution in [1.82, 2.24) is 0 Å². The molecule has 0 aromatic carbocycles. The zero-order valence-electron chi connectivity index (χ0n) is 3.08. The van der Waals surface area contributed by atoms with Crippen LogP contribution in [-0.2, 0) is 36.3 Å². The van der Waals surface area contributed by atoms with Gasteiger partial charge in [-0.3, -0.25) is 0 Å². The second-order valence-electron chi connectivity index (χ2n) is 0. The molecule has 0 radical (unpaired) electrons. The van der Waals surface area contributed by atoms with E-state index in [0.29, 0.717) is 0 Å². The monoisotopic (exact) mass is 138 g/mol. The summed E-state index contributed by atoms with van der Waals surface area (Å²) in [4.78, 5) is 0. The van der Waals surface area contributed by atoms with Crippen LogP contribution in [0.5, 0.6) is 0 Å². The number of rotatable bonds is 0. The van der Waals surface area contributed by atoms with Gasteiger partial charge in [0.2, 0.25) is 0 Å². The number of hydrogen-bond acceptors (Lipinski definition) is 1. The van der Waals surface area contributed by atoms with Crippen molar-refractivity contribution < 1.29 is 56.6 Å². The van der Waals surface area contributed by atoms with E-state index in [-0.39, 0.29) is 36.8 Å². The van der Waals surface area contributed by atoms with Crippen molar-refractivity contribution >= 4 is 0 Å². The minimum absolute atomic E-state index is 0. The average Bonchev–Trinajstić information content (AvgIpc) is 1.00. The molecule has 0 N–H and O–H groups in total. The molecule has 0 heterocycles. The van der Waals surface area contributed by atoms with Crippen LogP contribution in [0.15, 0.2) is 0 Å². The van der Waals surface area contributed by atoms with E-state index in [1.807, 2.05) is 15.9 Å². The van der Waals surface area contributed by atoms with Crippen LogP contribution in [0.2, 0.25) is 0 Å². The summed E-state index contributed by atoms with van der Waals surface area (Å²) < 4.78 is 8.00. The van der Waals surface area contributed by atoms with Crippen LogP contribution < -0.4 is 18.9 Å². The molecule has 4 heteroatoms. The Morgan fingerprint density at radius 2 is 1.50 bits per heavy atom. The predicted octanol–water partition coefficient (Wildman–Crippen LogP) is -3.01. The summed E-state index contributed by atoms with van der Waals surface area (Å²) in [5, 5.41) is 0. The molecule has 0 bridgehead atoms. The first kappa shape index (κ1) is 18.1. The van der Waals surface area contributed by atoms with Crippen molar-refractivity contribution in [1.29, 1.82) is 0 Å². The second-order valence-corrected chi connectivity index (χ2v) is 0. The van der Waals surface area contributed by atoms with Crippen molar-refractivity contribution in [3.05, 3.63) is 0 Å². The van der Waals surface area contributed by atoms with E-state index in [9.17, 15) is 0 Å². The SMILES string of the molecule is [H-].[Li+].[Ni].[O]=[Fe]. The Labute approximate surface area is 56.5 Å². The van der Waals surface area contributed by atoms with Crippen LogP contribution in [0, 0.1) is 0 Å². The third-order valence-electron chi connectivity index (χ3n) is 0. The Hall–Kier alpha value is 1.41. The fraction of sp³-hybridized carbons (Fsp3) is 0. The molecule has 0 aromatic rings. The molecule has 0 saturated heterocycles. The van der Waals surface area contributed by atoms with E-state index >= 15 is 0 Å². The third-order valence-corrected chi connectivity index (χ3v) is 0. The summed E-state index contributed by atoms with van der Waals surface area (Å²) in [5.74, 6) is 0. The summed E-state index contributed by atoms with van der Waals surface area (Å²) in [7, 11) is 0.